The van der Waals surface area contributed by atoms with Crippen molar-refractivity contribution < 1.29 is 0 Å². The minimum atomic E-state index is 0.520. The van der Waals surface area contributed by atoms with Crippen LogP contribution in [0.5, 0.6) is 0 Å². The largest absolute Gasteiger partial charge is 0.312 e. The van der Waals surface area contributed by atoms with E-state index in [4.69, 9.17) is 0 Å². The van der Waals surface area contributed by atoms with Crippen molar-refractivity contribution in [3.63, 3.8) is 0 Å². The zero-order valence-electron chi connectivity index (χ0n) is 11.2. The second-order valence-electron chi connectivity index (χ2n) is 5.16. The Labute approximate surface area is 109 Å². The van der Waals surface area contributed by atoms with Crippen molar-refractivity contribution in [2.24, 2.45) is 11.8 Å². The van der Waals surface area contributed by atoms with Gasteiger partial charge in [-0.15, -0.1) is 11.3 Å². The highest BCUT2D eigenvalue weighted by Crippen LogP contribution is 2.41. The summed E-state index contributed by atoms with van der Waals surface area (Å²) in [7, 11) is 2.10. The highest BCUT2D eigenvalue weighted by molar-refractivity contribution is 7.11. The minimum Gasteiger partial charge on any atom is -0.312 e. The van der Waals surface area contributed by atoms with Gasteiger partial charge in [0.1, 0.15) is 0 Å². The van der Waals surface area contributed by atoms with Crippen LogP contribution in [0, 0.1) is 18.8 Å². The van der Waals surface area contributed by atoms with Crippen molar-refractivity contribution in [2.45, 2.75) is 52.0 Å². The van der Waals surface area contributed by atoms with Crippen LogP contribution in [-0.2, 0) is 0 Å². The van der Waals surface area contributed by atoms with E-state index in [1.165, 1.54) is 42.0 Å². The summed E-state index contributed by atoms with van der Waals surface area (Å²) in [5, 5.41) is 4.72. The molecule has 0 saturated heterocycles. The maximum Gasteiger partial charge on any atom is 0.0897 e. The van der Waals surface area contributed by atoms with E-state index in [9.17, 15) is 0 Å². The predicted molar refractivity (Wildman–Crippen MR) is 74.4 cm³/mol. The van der Waals surface area contributed by atoms with E-state index in [-0.39, 0.29) is 0 Å². The molecule has 0 spiro atoms. The monoisotopic (exact) mass is 252 g/mol. The Morgan fingerprint density at radius 1 is 1.47 bits per heavy atom. The van der Waals surface area contributed by atoms with E-state index in [0.29, 0.717) is 6.04 Å². The second-order valence-corrected chi connectivity index (χ2v) is 6.43. The lowest BCUT2D eigenvalue weighted by Gasteiger charge is -2.36. The molecule has 2 rings (SSSR count). The molecule has 0 aromatic carbocycles. The van der Waals surface area contributed by atoms with Gasteiger partial charge in [-0.1, -0.05) is 32.6 Å². The lowest BCUT2D eigenvalue weighted by atomic mass is 9.74. The zero-order chi connectivity index (χ0) is 12.3. The first kappa shape index (κ1) is 13.0. The molecule has 2 nitrogen and oxygen atoms in total. The maximum absolute atomic E-state index is 4.41. The Bertz CT molecular complexity index is 348. The molecule has 1 aliphatic rings. The van der Waals surface area contributed by atoms with Gasteiger partial charge in [0, 0.05) is 17.1 Å². The van der Waals surface area contributed by atoms with Crippen molar-refractivity contribution in [1.82, 2.24) is 10.3 Å². The first-order chi connectivity index (χ1) is 8.26. The number of aromatic nitrogens is 1. The number of hydrogen-bond acceptors (Lipinski definition) is 3. The third-order valence-electron chi connectivity index (χ3n) is 4.18. The molecule has 3 unspecified atom stereocenters. The minimum absolute atomic E-state index is 0.520. The quantitative estimate of drug-likeness (QED) is 0.878. The van der Waals surface area contributed by atoms with Gasteiger partial charge >= 0.3 is 0 Å². The molecule has 96 valence electrons. The van der Waals surface area contributed by atoms with E-state index in [2.05, 4.69) is 37.4 Å². The second kappa shape index (κ2) is 5.96. The van der Waals surface area contributed by atoms with Gasteiger partial charge in [0.15, 0.2) is 0 Å². The fourth-order valence-corrected chi connectivity index (χ4v) is 4.24. The number of nitrogens with one attached hydrogen (secondary N) is 1. The maximum atomic E-state index is 4.41. The number of nitrogens with zero attached hydrogens (tertiary/aromatic N) is 1. The first-order valence-corrected chi connectivity index (χ1v) is 7.67. The molecule has 1 saturated carbocycles. The molecule has 0 bridgehead atoms. The van der Waals surface area contributed by atoms with E-state index in [1.807, 2.05) is 11.3 Å². The van der Waals surface area contributed by atoms with E-state index >= 15 is 0 Å². The summed E-state index contributed by atoms with van der Waals surface area (Å²) >= 11 is 1.85. The van der Waals surface area contributed by atoms with Crippen LogP contribution in [0.15, 0.2) is 6.20 Å². The predicted octanol–water partition coefficient (Wildman–Crippen LogP) is 3.93. The number of thiazole rings is 1. The van der Waals surface area contributed by atoms with Gasteiger partial charge in [-0.25, -0.2) is 4.98 Å². The molecule has 0 amide bonds. The Balaban J connectivity index is 2.16. The highest BCUT2D eigenvalue weighted by Gasteiger charge is 2.31. The molecule has 1 heterocycles. The van der Waals surface area contributed by atoms with E-state index in [0.717, 1.165) is 11.8 Å². The Kier molecular flexibility index (Phi) is 4.57. The first-order valence-electron chi connectivity index (χ1n) is 6.85. The summed E-state index contributed by atoms with van der Waals surface area (Å²) in [4.78, 5) is 5.84. The van der Waals surface area contributed by atoms with Crippen LogP contribution in [0.3, 0.4) is 0 Å². The summed E-state index contributed by atoms with van der Waals surface area (Å²) in [5.74, 6) is 1.70. The topological polar surface area (TPSA) is 24.9 Å². The normalized spacial score (nSPS) is 27.0. The van der Waals surface area contributed by atoms with E-state index < -0.39 is 0 Å². The van der Waals surface area contributed by atoms with E-state index in [1.54, 1.807) is 0 Å². The van der Waals surface area contributed by atoms with Gasteiger partial charge in [0.2, 0.25) is 0 Å². The van der Waals surface area contributed by atoms with Crippen LogP contribution in [0.25, 0.3) is 0 Å². The van der Waals surface area contributed by atoms with Crippen LogP contribution in [0.4, 0.5) is 0 Å². The van der Waals surface area contributed by atoms with Crippen LogP contribution in [0.2, 0.25) is 0 Å². The molecule has 1 fully saturated rings. The molecule has 0 aliphatic heterocycles. The SMILES string of the molecule is CCC1CCCCC1C(NC)c1cnc(C)s1. The fourth-order valence-electron chi connectivity index (χ4n) is 3.27. The van der Waals surface area contributed by atoms with Crippen molar-refractivity contribution in [2.75, 3.05) is 7.05 Å². The van der Waals surface area contributed by atoms with Gasteiger partial charge in [-0.3, -0.25) is 0 Å². The fraction of sp³-hybridized carbons (Fsp3) is 0.786. The van der Waals surface area contributed by atoms with Crippen molar-refractivity contribution in [3.8, 4) is 0 Å². The smallest absolute Gasteiger partial charge is 0.0897 e. The zero-order valence-corrected chi connectivity index (χ0v) is 12.0. The molecule has 0 radical (unpaired) electrons. The number of hydrogen-bond donors (Lipinski definition) is 1. The van der Waals surface area contributed by atoms with Crippen molar-refractivity contribution >= 4 is 11.3 Å². The Morgan fingerprint density at radius 3 is 2.82 bits per heavy atom. The average molecular weight is 252 g/mol. The molecule has 1 N–H and O–H groups in total. The molecule has 1 aromatic rings. The summed E-state index contributed by atoms with van der Waals surface area (Å²) in [5.41, 5.74) is 0. The van der Waals surface area contributed by atoms with Crippen LogP contribution < -0.4 is 5.32 Å². The molecule has 1 aromatic heterocycles. The van der Waals surface area contributed by atoms with Gasteiger partial charge in [-0.2, -0.15) is 0 Å². The molecular formula is C14H24N2S. The number of rotatable bonds is 4. The van der Waals surface area contributed by atoms with Gasteiger partial charge < -0.3 is 5.32 Å². The average Bonchev–Trinajstić information content (AvgIpc) is 2.77. The van der Waals surface area contributed by atoms with Crippen molar-refractivity contribution in [3.05, 3.63) is 16.1 Å². The molecule has 3 atom stereocenters. The summed E-state index contributed by atoms with van der Waals surface area (Å²) in [6.07, 6.45) is 9.01. The Morgan fingerprint density at radius 2 is 2.24 bits per heavy atom. The lowest BCUT2D eigenvalue weighted by Crippen LogP contribution is -2.32. The molecule has 1 aliphatic carbocycles. The molecular weight excluding hydrogens is 228 g/mol. The molecule has 17 heavy (non-hydrogen) atoms. The van der Waals surface area contributed by atoms with Gasteiger partial charge in [0.05, 0.1) is 5.01 Å². The number of aryl methyl sites for hydroxylation is 1. The third-order valence-corrected chi connectivity index (χ3v) is 5.17. The molecule has 3 heteroatoms. The standard InChI is InChI=1S/C14H24N2S/c1-4-11-7-5-6-8-12(11)14(15-3)13-9-16-10(2)17-13/h9,11-12,14-15H,4-8H2,1-3H3. The highest BCUT2D eigenvalue weighted by atomic mass is 32.1. The third kappa shape index (κ3) is 2.89. The Hall–Kier alpha value is -0.410. The van der Waals surface area contributed by atoms with Crippen molar-refractivity contribution in [1.29, 1.82) is 0 Å². The summed E-state index contributed by atoms with van der Waals surface area (Å²) < 4.78 is 0. The van der Waals surface area contributed by atoms with Gasteiger partial charge in [-0.05, 0) is 32.2 Å². The lowest BCUT2D eigenvalue weighted by molar-refractivity contribution is 0.182. The summed E-state index contributed by atoms with van der Waals surface area (Å²) in [6.45, 7) is 4.44. The van der Waals surface area contributed by atoms with Gasteiger partial charge in [0.25, 0.3) is 0 Å². The van der Waals surface area contributed by atoms with Crippen LogP contribution >= 0.6 is 11.3 Å². The van der Waals surface area contributed by atoms with Crippen LogP contribution in [0.1, 0.15) is 55.0 Å². The van der Waals surface area contributed by atoms with Crippen LogP contribution in [-0.4, -0.2) is 12.0 Å². The summed E-state index contributed by atoms with van der Waals surface area (Å²) in [6, 6.07) is 0.520.